The Balaban J connectivity index is 0.00000145. The molecule has 7 heteroatoms. The molecule has 0 bridgehead atoms. The van der Waals surface area contributed by atoms with Gasteiger partial charge in [-0.15, -0.1) is 0 Å². The SMILES string of the molecule is CC.CC(=N)c1c(N)ncnc1NCc1cc2cccc(C)c2c(=O)n1C(C)C. The van der Waals surface area contributed by atoms with Crippen LogP contribution in [0.4, 0.5) is 11.6 Å². The number of aryl methyl sites for hydroxylation is 1. The van der Waals surface area contributed by atoms with Crippen LogP contribution in [-0.2, 0) is 6.54 Å². The van der Waals surface area contributed by atoms with Gasteiger partial charge in [0.1, 0.15) is 18.0 Å². The minimum Gasteiger partial charge on any atom is -0.383 e. The van der Waals surface area contributed by atoms with Crippen molar-refractivity contribution in [2.24, 2.45) is 0 Å². The van der Waals surface area contributed by atoms with E-state index in [1.54, 1.807) is 11.5 Å². The van der Waals surface area contributed by atoms with E-state index in [-0.39, 0.29) is 23.1 Å². The smallest absolute Gasteiger partial charge is 0.259 e. The Labute approximate surface area is 171 Å². The summed E-state index contributed by atoms with van der Waals surface area (Å²) >= 11 is 0. The number of nitrogens with one attached hydrogen (secondary N) is 2. The number of pyridine rings is 1. The first-order valence-corrected chi connectivity index (χ1v) is 9.84. The van der Waals surface area contributed by atoms with E-state index in [2.05, 4.69) is 15.3 Å². The first-order valence-electron chi connectivity index (χ1n) is 9.84. The van der Waals surface area contributed by atoms with E-state index >= 15 is 0 Å². The first kappa shape index (κ1) is 22.1. The Morgan fingerprint density at radius 2 is 1.97 bits per heavy atom. The fourth-order valence-electron chi connectivity index (χ4n) is 3.38. The quantitative estimate of drug-likeness (QED) is 0.559. The Morgan fingerprint density at radius 1 is 1.28 bits per heavy atom. The molecular weight excluding hydrogens is 364 g/mol. The number of hydrogen-bond donors (Lipinski definition) is 3. The number of aromatic nitrogens is 3. The molecule has 7 nitrogen and oxygen atoms in total. The van der Waals surface area contributed by atoms with Gasteiger partial charge in [-0.1, -0.05) is 32.0 Å². The fraction of sp³-hybridized carbons (Fsp3) is 0.364. The molecule has 0 aliphatic carbocycles. The third-order valence-electron chi connectivity index (χ3n) is 4.57. The monoisotopic (exact) mass is 394 g/mol. The van der Waals surface area contributed by atoms with Crippen molar-refractivity contribution in [3.8, 4) is 0 Å². The van der Waals surface area contributed by atoms with E-state index in [1.807, 2.05) is 58.9 Å². The van der Waals surface area contributed by atoms with Crippen LogP contribution < -0.4 is 16.6 Å². The summed E-state index contributed by atoms with van der Waals surface area (Å²) < 4.78 is 1.80. The molecule has 0 aliphatic heterocycles. The molecule has 154 valence electrons. The molecule has 29 heavy (non-hydrogen) atoms. The molecule has 1 aromatic carbocycles. The predicted octanol–water partition coefficient (Wildman–Crippen LogP) is 4.29. The van der Waals surface area contributed by atoms with Gasteiger partial charge < -0.3 is 21.0 Å². The van der Waals surface area contributed by atoms with E-state index in [4.69, 9.17) is 11.1 Å². The highest BCUT2D eigenvalue weighted by Crippen LogP contribution is 2.21. The third-order valence-corrected chi connectivity index (χ3v) is 4.57. The number of benzene rings is 1. The van der Waals surface area contributed by atoms with Crippen LogP contribution in [0.2, 0.25) is 0 Å². The van der Waals surface area contributed by atoms with Crippen molar-refractivity contribution in [3.63, 3.8) is 0 Å². The normalized spacial score (nSPS) is 10.6. The van der Waals surface area contributed by atoms with Crippen LogP contribution in [0, 0.1) is 12.3 Å². The average molecular weight is 395 g/mol. The van der Waals surface area contributed by atoms with Crippen molar-refractivity contribution in [3.05, 3.63) is 57.8 Å². The molecule has 3 rings (SSSR count). The van der Waals surface area contributed by atoms with Gasteiger partial charge in [-0.05, 0) is 44.7 Å². The molecule has 4 N–H and O–H groups in total. The van der Waals surface area contributed by atoms with Crippen LogP contribution in [0.15, 0.2) is 35.4 Å². The maximum Gasteiger partial charge on any atom is 0.259 e. The molecule has 0 saturated heterocycles. The summed E-state index contributed by atoms with van der Waals surface area (Å²) in [6.45, 7) is 12.0. The lowest BCUT2D eigenvalue weighted by Gasteiger charge is -2.19. The largest absolute Gasteiger partial charge is 0.383 e. The van der Waals surface area contributed by atoms with Crippen molar-refractivity contribution in [2.45, 2.75) is 54.1 Å². The zero-order chi connectivity index (χ0) is 21.7. The second-order valence-corrected chi connectivity index (χ2v) is 6.90. The molecule has 0 aliphatic rings. The molecular formula is C22H30N6O. The molecule has 3 aromatic rings. The van der Waals surface area contributed by atoms with Gasteiger partial charge in [0.15, 0.2) is 0 Å². The second-order valence-electron chi connectivity index (χ2n) is 6.90. The lowest BCUT2D eigenvalue weighted by molar-refractivity contribution is 0.558. The molecule has 0 spiro atoms. The highest BCUT2D eigenvalue weighted by atomic mass is 16.1. The second kappa shape index (κ2) is 9.32. The van der Waals surface area contributed by atoms with Gasteiger partial charge in [-0.3, -0.25) is 4.79 Å². The average Bonchev–Trinajstić information content (AvgIpc) is 2.67. The van der Waals surface area contributed by atoms with E-state index in [1.165, 1.54) is 6.33 Å². The molecule has 0 unspecified atom stereocenters. The zero-order valence-electron chi connectivity index (χ0n) is 18.0. The fourth-order valence-corrected chi connectivity index (χ4v) is 3.38. The van der Waals surface area contributed by atoms with Crippen molar-refractivity contribution >= 4 is 28.1 Å². The molecule has 2 heterocycles. The van der Waals surface area contributed by atoms with E-state index in [0.29, 0.717) is 17.9 Å². The predicted molar refractivity (Wildman–Crippen MR) is 121 cm³/mol. The van der Waals surface area contributed by atoms with Gasteiger partial charge in [0.2, 0.25) is 0 Å². The summed E-state index contributed by atoms with van der Waals surface area (Å²) in [7, 11) is 0. The number of nitrogens with zero attached hydrogens (tertiary/aromatic N) is 3. The number of nitrogens with two attached hydrogens (primary N) is 1. The Morgan fingerprint density at radius 3 is 2.59 bits per heavy atom. The number of anilines is 2. The van der Waals surface area contributed by atoms with Crippen LogP contribution in [0.25, 0.3) is 10.8 Å². The van der Waals surface area contributed by atoms with Crippen LogP contribution in [0.3, 0.4) is 0 Å². The Bertz CT molecular complexity index is 1080. The van der Waals surface area contributed by atoms with Gasteiger partial charge in [-0.25, -0.2) is 9.97 Å². The standard InChI is InChI=1S/C20H24N6O.C2H6/c1-11(2)26-15(8-14-7-5-6-12(3)16(14)20(26)27)9-23-19-17(13(4)21)18(22)24-10-25-19;1-2/h5-8,10-11,21H,9H2,1-4H3,(H3,22,23,24,25);1-2H3. The van der Waals surface area contributed by atoms with Gasteiger partial charge in [0.05, 0.1) is 17.5 Å². The summed E-state index contributed by atoms with van der Waals surface area (Å²) in [4.78, 5) is 21.3. The Hall–Kier alpha value is -3.22. The van der Waals surface area contributed by atoms with Gasteiger partial charge >= 0.3 is 0 Å². The van der Waals surface area contributed by atoms with Crippen molar-refractivity contribution in [1.82, 2.24) is 14.5 Å². The van der Waals surface area contributed by atoms with E-state index < -0.39 is 0 Å². The highest BCUT2D eigenvalue weighted by Gasteiger charge is 2.15. The van der Waals surface area contributed by atoms with Gasteiger partial charge in [0, 0.05) is 17.4 Å². The van der Waals surface area contributed by atoms with Crippen molar-refractivity contribution in [2.75, 3.05) is 11.1 Å². The number of fused-ring (bicyclic) bond motifs is 1. The van der Waals surface area contributed by atoms with Gasteiger partial charge in [-0.2, -0.15) is 0 Å². The lowest BCUT2D eigenvalue weighted by atomic mass is 10.1. The van der Waals surface area contributed by atoms with Crippen molar-refractivity contribution in [1.29, 1.82) is 5.41 Å². The van der Waals surface area contributed by atoms with Crippen molar-refractivity contribution < 1.29 is 0 Å². The molecule has 0 radical (unpaired) electrons. The Kier molecular flexibility index (Phi) is 7.09. The minimum absolute atomic E-state index is 0.00283. The van der Waals surface area contributed by atoms with Gasteiger partial charge in [0.25, 0.3) is 5.56 Å². The maximum absolute atomic E-state index is 13.1. The zero-order valence-corrected chi connectivity index (χ0v) is 18.0. The number of nitrogen functional groups attached to an aromatic ring is 1. The number of hydrogen-bond acceptors (Lipinski definition) is 6. The molecule has 0 amide bonds. The summed E-state index contributed by atoms with van der Waals surface area (Å²) in [5.41, 5.74) is 8.48. The molecule has 0 saturated carbocycles. The lowest BCUT2D eigenvalue weighted by Crippen LogP contribution is -2.27. The van der Waals surface area contributed by atoms with E-state index in [9.17, 15) is 4.79 Å². The van der Waals surface area contributed by atoms with Crippen LogP contribution >= 0.6 is 0 Å². The maximum atomic E-state index is 13.1. The van der Waals surface area contributed by atoms with E-state index in [0.717, 1.165) is 22.0 Å². The third kappa shape index (κ3) is 4.45. The molecule has 0 atom stereocenters. The first-order chi connectivity index (χ1) is 13.8. The highest BCUT2D eigenvalue weighted by molar-refractivity contribution is 6.04. The van der Waals surface area contributed by atoms with Crippen LogP contribution in [-0.4, -0.2) is 20.2 Å². The summed E-state index contributed by atoms with van der Waals surface area (Å²) in [6.07, 6.45) is 1.36. The summed E-state index contributed by atoms with van der Waals surface area (Å²) in [5.74, 6) is 0.748. The summed E-state index contributed by atoms with van der Waals surface area (Å²) in [6, 6.07) is 7.90. The van der Waals surface area contributed by atoms with Crippen LogP contribution in [0.5, 0.6) is 0 Å². The summed E-state index contributed by atoms with van der Waals surface area (Å²) in [5, 5.41) is 12.8. The molecule has 2 aromatic heterocycles. The minimum atomic E-state index is 0.00283. The molecule has 0 fully saturated rings. The number of rotatable bonds is 5. The topological polar surface area (TPSA) is 110 Å². The van der Waals surface area contributed by atoms with Crippen LogP contribution in [0.1, 0.15) is 57.5 Å².